The molecule has 0 unspecified atom stereocenters. The first-order chi connectivity index (χ1) is 16.9. The lowest BCUT2D eigenvalue weighted by Gasteiger charge is -2.12. The molecule has 2 aromatic carbocycles. The highest BCUT2D eigenvalue weighted by atomic mass is 32.2. The lowest BCUT2D eigenvalue weighted by molar-refractivity contribution is 0.305. The number of hydrogen-bond donors (Lipinski definition) is 1. The highest BCUT2D eigenvalue weighted by Crippen LogP contribution is 2.32. The molecule has 4 aromatic rings. The largest absolute Gasteiger partial charge is 0.497 e. The van der Waals surface area contributed by atoms with E-state index in [1.165, 1.54) is 17.7 Å². The predicted molar refractivity (Wildman–Crippen MR) is 128 cm³/mol. The number of fused-ring (bicyclic) bond motifs is 1. The van der Waals surface area contributed by atoms with Crippen LogP contribution >= 0.6 is 0 Å². The molecule has 0 aliphatic carbocycles. The Labute approximate surface area is 202 Å². The Kier molecular flexibility index (Phi) is 7.03. The summed E-state index contributed by atoms with van der Waals surface area (Å²) in [6.07, 6.45) is 0. The van der Waals surface area contributed by atoms with Gasteiger partial charge in [0.25, 0.3) is 0 Å². The minimum Gasteiger partial charge on any atom is -0.497 e. The van der Waals surface area contributed by atoms with E-state index in [0.717, 1.165) is 5.56 Å². The third-order valence-corrected chi connectivity index (χ3v) is 6.64. The number of rotatable bonds is 10. The van der Waals surface area contributed by atoms with Gasteiger partial charge in [-0.25, -0.2) is 13.1 Å². The number of nitrogens with zero attached hydrogens (tertiary/aromatic N) is 4. The number of ether oxygens (including phenoxy) is 4. The van der Waals surface area contributed by atoms with Crippen molar-refractivity contribution in [2.75, 3.05) is 34.5 Å². The number of nitrogens with one attached hydrogen (secondary N) is 1. The third-order valence-electron chi connectivity index (χ3n) is 5.14. The summed E-state index contributed by atoms with van der Waals surface area (Å²) in [7, 11) is 0.774. The zero-order chi connectivity index (χ0) is 25.0. The lowest BCUT2D eigenvalue weighted by Crippen LogP contribution is -2.28. The molecule has 1 N–H and O–H groups in total. The van der Waals surface area contributed by atoms with E-state index in [-0.39, 0.29) is 29.7 Å². The molecule has 2 aromatic heterocycles. The molecule has 0 aliphatic heterocycles. The van der Waals surface area contributed by atoms with E-state index in [1.54, 1.807) is 56.7 Å². The first-order valence-electron chi connectivity index (χ1n) is 10.6. The van der Waals surface area contributed by atoms with Crippen molar-refractivity contribution in [1.82, 2.24) is 24.5 Å². The Balaban J connectivity index is 1.48. The van der Waals surface area contributed by atoms with Gasteiger partial charge in [0.15, 0.2) is 11.5 Å². The van der Waals surface area contributed by atoms with Crippen LogP contribution in [0.4, 0.5) is 0 Å². The van der Waals surface area contributed by atoms with Crippen LogP contribution in [-0.2, 0) is 10.0 Å². The Bertz CT molecular complexity index is 1450. The quantitative estimate of drug-likeness (QED) is 0.328. The molecular formula is C23H25N5O6S. The predicted octanol–water partition coefficient (Wildman–Crippen LogP) is 2.48. The third kappa shape index (κ3) is 5.12. The maximum Gasteiger partial charge on any atom is 0.244 e. The van der Waals surface area contributed by atoms with Crippen molar-refractivity contribution in [3.8, 4) is 34.5 Å². The average molecular weight is 500 g/mol. The van der Waals surface area contributed by atoms with Gasteiger partial charge in [-0.15, -0.1) is 15.3 Å². The van der Waals surface area contributed by atoms with Crippen LogP contribution in [0.3, 0.4) is 0 Å². The zero-order valence-corrected chi connectivity index (χ0v) is 20.5. The van der Waals surface area contributed by atoms with Gasteiger partial charge in [0.1, 0.15) is 28.8 Å². The molecular weight excluding hydrogens is 474 g/mol. The molecule has 0 saturated heterocycles. The molecule has 0 saturated carbocycles. The molecule has 4 rings (SSSR count). The second-order valence-corrected chi connectivity index (χ2v) is 9.17. The van der Waals surface area contributed by atoms with Crippen LogP contribution < -0.4 is 23.7 Å². The van der Waals surface area contributed by atoms with Crippen molar-refractivity contribution in [1.29, 1.82) is 0 Å². The van der Waals surface area contributed by atoms with Crippen molar-refractivity contribution in [3.63, 3.8) is 0 Å². The van der Waals surface area contributed by atoms with Crippen LogP contribution in [0.1, 0.15) is 5.56 Å². The zero-order valence-electron chi connectivity index (χ0n) is 19.7. The summed E-state index contributed by atoms with van der Waals surface area (Å²) in [5.74, 6) is 2.20. The van der Waals surface area contributed by atoms with Crippen molar-refractivity contribution < 1.29 is 27.4 Å². The van der Waals surface area contributed by atoms with Gasteiger partial charge in [-0.05, 0) is 42.8 Å². The molecule has 0 spiro atoms. The summed E-state index contributed by atoms with van der Waals surface area (Å²) < 4.78 is 51.0. The summed E-state index contributed by atoms with van der Waals surface area (Å²) in [6.45, 7) is 1.94. The normalized spacial score (nSPS) is 11.4. The second-order valence-electron chi connectivity index (χ2n) is 7.43. The molecule has 35 heavy (non-hydrogen) atoms. The van der Waals surface area contributed by atoms with Gasteiger partial charge in [0, 0.05) is 18.7 Å². The maximum absolute atomic E-state index is 12.7. The Morgan fingerprint density at radius 2 is 1.71 bits per heavy atom. The van der Waals surface area contributed by atoms with Gasteiger partial charge < -0.3 is 18.9 Å². The van der Waals surface area contributed by atoms with Gasteiger partial charge in [-0.2, -0.15) is 4.52 Å². The molecule has 0 radical (unpaired) electrons. The van der Waals surface area contributed by atoms with E-state index in [9.17, 15) is 8.42 Å². The van der Waals surface area contributed by atoms with Gasteiger partial charge in [-0.1, -0.05) is 6.07 Å². The molecule has 184 valence electrons. The molecule has 12 heteroatoms. The van der Waals surface area contributed by atoms with Gasteiger partial charge in [0.05, 0.1) is 26.9 Å². The fraction of sp³-hybridized carbons (Fsp3) is 0.261. The van der Waals surface area contributed by atoms with Crippen molar-refractivity contribution in [2.45, 2.75) is 11.8 Å². The van der Waals surface area contributed by atoms with Gasteiger partial charge in [-0.3, -0.25) is 0 Å². The molecule has 0 fully saturated rings. The van der Waals surface area contributed by atoms with Crippen LogP contribution in [0.2, 0.25) is 0 Å². The van der Waals surface area contributed by atoms with Gasteiger partial charge >= 0.3 is 0 Å². The SMILES string of the molecule is COc1ccc(-c2nnc3ccc(OCCNS(=O)(=O)c4ccc(C)cc4OC)nn23)c(OC)c1. The molecule has 11 nitrogen and oxygen atoms in total. The number of hydrogen-bond acceptors (Lipinski definition) is 9. The smallest absolute Gasteiger partial charge is 0.244 e. The minimum absolute atomic E-state index is 0.0282. The summed E-state index contributed by atoms with van der Waals surface area (Å²) >= 11 is 0. The first-order valence-corrected chi connectivity index (χ1v) is 12.1. The van der Waals surface area contributed by atoms with Crippen molar-refractivity contribution in [2.24, 2.45) is 0 Å². The molecule has 0 bridgehead atoms. The first kappa shape index (κ1) is 24.2. The molecule has 0 aliphatic rings. The van der Waals surface area contributed by atoms with Crippen LogP contribution in [0, 0.1) is 6.92 Å². The number of aromatic nitrogens is 4. The van der Waals surface area contributed by atoms with Crippen LogP contribution in [-0.4, -0.2) is 62.7 Å². The van der Waals surface area contributed by atoms with E-state index >= 15 is 0 Å². The topological polar surface area (TPSA) is 126 Å². The monoisotopic (exact) mass is 499 g/mol. The Hall–Kier alpha value is -3.90. The Morgan fingerprint density at radius 1 is 0.914 bits per heavy atom. The number of sulfonamides is 1. The van der Waals surface area contributed by atoms with E-state index in [2.05, 4.69) is 20.0 Å². The Morgan fingerprint density at radius 3 is 2.46 bits per heavy atom. The minimum atomic E-state index is -3.78. The van der Waals surface area contributed by atoms with E-state index in [4.69, 9.17) is 18.9 Å². The fourth-order valence-corrected chi connectivity index (χ4v) is 4.57. The molecule has 0 amide bonds. The second kappa shape index (κ2) is 10.2. The number of aryl methyl sites for hydroxylation is 1. The highest BCUT2D eigenvalue weighted by Gasteiger charge is 2.19. The average Bonchev–Trinajstić information content (AvgIpc) is 3.29. The number of methoxy groups -OCH3 is 3. The molecule has 0 atom stereocenters. The van der Waals surface area contributed by atoms with Gasteiger partial charge in [0.2, 0.25) is 15.9 Å². The van der Waals surface area contributed by atoms with Crippen molar-refractivity contribution in [3.05, 3.63) is 54.1 Å². The van der Waals surface area contributed by atoms with Crippen LogP contribution in [0.15, 0.2) is 53.4 Å². The lowest BCUT2D eigenvalue weighted by atomic mass is 10.2. The van der Waals surface area contributed by atoms with Crippen LogP contribution in [0.5, 0.6) is 23.1 Å². The van der Waals surface area contributed by atoms with E-state index < -0.39 is 10.0 Å². The summed E-state index contributed by atoms with van der Waals surface area (Å²) in [4.78, 5) is 0.0627. The van der Waals surface area contributed by atoms with Crippen LogP contribution in [0.25, 0.3) is 17.0 Å². The summed E-state index contributed by atoms with van der Waals surface area (Å²) in [6, 6.07) is 13.6. The highest BCUT2D eigenvalue weighted by molar-refractivity contribution is 7.89. The summed E-state index contributed by atoms with van der Waals surface area (Å²) in [5.41, 5.74) is 2.08. The molecule has 2 heterocycles. The van der Waals surface area contributed by atoms with E-state index in [0.29, 0.717) is 28.5 Å². The standard InChI is InChI=1S/C23H25N5O6S/c1-15-5-8-20(19(13-15)33-4)35(29,30)24-11-12-34-22-10-9-21-25-26-23(28(21)27-22)17-7-6-16(31-2)14-18(17)32-3/h5-10,13-14,24H,11-12H2,1-4H3. The fourth-order valence-electron chi connectivity index (χ4n) is 3.41. The van der Waals surface area contributed by atoms with E-state index in [1.807, 2.05) is 6.92 Å². The summed E-state index contributed by atoms with van der Waals surface area (Å²) in [5, 5.41) is 12.8. The maximum atomic E-state index is 12.7. The number of benzene rings is 2. The van der Waals surface area contributed by atoms with Crippen molar-refractivity contribution >= 4 is 15.7 Å².